The summed E-state index contributed by atoms with van der Waals surface area (Å²) in [6.07, 6.45) is 3.38. The summed E-state index contributed by atoms with van der Waals surface area (Å²) in [5, 5.41) is 8.87. The number of pyridine rings is 1. The Morgan fingerprint density at radius 3 is 2.79 bits per heavy atom. The number of nitrogens with zero attached hydrogens (tertiary/aromatic N) is 3. The average Bonchev–Trinajstić information content (AvgIpc) is 2.41. The van der Waals surface area contributed by atoms with Gasteiger partial charge in [-0.3, -0.25) is 4.98 Å². The van der Waals surface area contributed by atoms with Gasteiger partial charge in [0, 0.05) is 19.8 Å². The fourth-order valence-corrected chi connectivity index (χ4v) is 2.03. The Kier molecular flexibility index (Phi) is 3.67. The summed E-state index contributed by atoms with van der Waals surface area (Å²) in [6, 6.07) is 9.77. The molecule has 0 aliphatic heterocycles. The van der Waals surface area contributed by atoms with E-state index in [1.165, 1.54) is 5.56 Å². The molecule has 19 heavy (non-hydrogen) atoms. The number of nitriles is 1. The molecule has 0 aliphatic carbocycles. The number of nitrogen functional groups attached to an aromatic ring is 1. The van der Waals surface area contributed by atoms with E-state index in [1.54, 1.807) is 12.4 Å². The molecule has 0 spiro atoms. The van der Waals surface area contributed by atoms with E-state index in [0.717, 1.165) is 17.8 Å². The van der Waals surface area contributed by atoms with Gasteiger partial charge in [-0.05, 0) is 36.2 Å². The second-order valence-corrected chi connectivity index (χ2v) is 4.54. The van der Waals surface area contributed by atoms with Crippen LogP contribution in [-0.4, -0.2) is 12.0 Å². The van der Waals surface area contributed by atoms with Crippen molar-refractivity contribution in [2.24, 2.45) is 0 Å². The first kappa shape index (κ1) is 12.9. The van der Waals surface area contributed by atoms with Gasteiger partial charge in [-0.1, -0.05) is 6.07 Å². The molecule has 4 heteroatoms. The summed E-state index contributed by atoms with van der Waals surface area (Å²) in [7, 11) is 1.99. The molecule has 0 unspecified atom stereocenters. The van der Waals surface area contributed by atoms with Crippen molar-refractivity contribution in [3.8, 4) is 6.07 Å². The summed E-state index contributed by atoms with van der Waals surface area (Å²) in [4.78, 5) is 6.06. The number of hydrogen-bond donors (Lipinski definition) is 1. The zero-order chi connectivity index (χ0) is 13.8. The SMILES string of the molecule is Cc1cc(C#N)ccc1CN(C)c1ccncc1N. The highest BCUT2D eigenvalue weighted by Crippen LogP contribution is 2.22. The molecule has 0 atom stereocenters. The van der Waals surface area contributed by atoms with E-state index < -0.39 is 0 Å². The van der Waals surface area contributed by atoms with Crippen molar-refractivity contribution in [2.75, 3.05) is 17.7 Å². The van der Waals surface area contributed by atoms with Crippen LogP contribution in [0.25, 0.3) is 0 Å². The van der Waals surface area contributed by atoms with E-state index in [0.29, 0.717) is 11.3 Å². The van der Waals surface area contributed by atoms with Crippen LogP contribution in [-0.2, 0) is 6.54 Å². The van der Waals surface area contributed by atoms with Crippen LogP contribution < -0.4 is 10.6 Å². The van der Waals surface area contributed by atoms with Crippen molar-refractivity contribution >= 4 is 11.4 Å². The van der Waals surface area contributed by atoms with Crippen molar-refractivity contribution in [2.45, 2.75) is 13.5 Å². The van der Waals surface area contributed by atoms with Crippen LogP contribution in [0.2, 0.25) is 0 Å². The predicted octanol–water partition coefficient (Wildman–Crippen LogP) is 2.48. The van der Waals surface area contributed by atoms with Gasteiger partial charge < -0.3 is 10.6 Å². The maximum absolute atomic E-state index is 8.87. The van der Waals surface area contributed by atoms with Crippen LogP contribution in [0.4, 0.5) is 11.4 Å². The third-order valence-corrected chi connectivity index (χ3v) is 3.12. The molecule has 0 radical (unpaired) electrons. The highest BCUT2D eigenvalue weighted by atomic mass is 15.1. The Morgan fingerprint density at radius 1 is 1.37 bits per heavy atom. The van der Waals surface area contributed by atoms with Gasteiger partial charge in [0.2, 0.25) is 0 Å². The van der Waals surface area contributed by atoms with Crippen molar-refractivity contribution in [1.82, 2.24) is 4.98 Å². The van der Waals surface area contributed by atoms with Gasteiger partial charge in [0.25, 0.3) is 0 Å². The lowest BCUT2D eigenvalue weighted by Crippen LogP contribution is -2.18. The minimum absolute atomic E-state index is 0.663. The lowest BCUT2D eigenvalue weighted by Gasteiger charge is -2.21. The Morgan fingerprint density at radius 2 is 2.16 bits per heavy atom. The first-order valence-corrected chi connectivity index (χ1v) is 6.02. The van der Waals surface area contributed by atoms with Gasteiger partial charge in [-0.25, -0.2) is 0 Å². The maximum atomic E-state index is 8.87. The number of aryl methyl sites for hydroxylation is 1. The summed E-state index contributed by atoms with van der Waals surface area (Å²) in [5.74, 6) is 0. The molecule has 0 saturated carbocycles. The quantitative estimate of drug-likeness (QED) is 0.911. The molecule has 2 N–H and O–H groups in total. The molecule has 2 rings (SSSR count). The van der Waals surface area contributed by atoms with Gasteiger partial charge in [-0.15, -0.1) is 0 Å². The minimum atomic E-state index is 0.663. The van der Waals surface area contributed by atoms with Crippen LogP contribution in [0.5, 0.6) is 0 Å². The zero-order valence-corrected chi connectivity index (χ0v) is 11.1. The first-order chi connectivity index (χ1) is 9.11. The lowest BCUT2D eigenvalue weighted by molar-refractivity contribution is 0.913. The number of hydrogen-bond acceptors (Lipinski definition) is 4. The number of nitrogens with two attached hydrogens (primary N) is 1. The Bertz CT molecular complexity index is 628. The average molecular weight is 252 g/mol. The molecule has 0 saturated heterocycles. The summed E-state index contributed by atoms with van der Waals surface area (Å²) < 4.78 is 0. The zero-order valence-electron chi connectivity index (χ0n) is 11.1. The fraction of sp³-hybridized carbons (Fsp3) is 0.200. The van der Waals surface area contributed by atoms with Crippen LogP contribution in [0.3, 0.4) is 0 Å². The van der Waals surface area contributed by atoms with Gasteiger partial charge in [0.15, 0.2) is 0 Å². The molecular weight excluding hydrogens is 236 g/mol. The van der Waals surface area contributed by atoms with E-state index in [1.807, 2.05) is 38.2 Å². The van der Waals surface area contributed by atoms with Crippen molar-refractivity contribution in [1.29, 1.82) is 5.26 Å². The van der Waals surface area contributed by atoms with Crippen LogP contribution in [0.1, 0.15) is 16.7 Å². The second kappa shape index (κ2) is 5.40. The molecular formula is C15H16N4. The Labute approximate surface area is 113 Å². The minimum Gasteiger partial charge on any atom is -0.396 e. The van der Waals surface area contributed by atoms with Crippen molar-refractivity contribution < 1.29 is 0 Å². The van der Waals surface area contributed by atoms with E-state index >= 15 is 0 Å². The van der Waals surface area contributed by atoms with Gasteiger partial charge in [-0.2, -0.15) is 5.26 Å². The summed E-state index contributed by atoms with van der Waals surface area (Å²) in [5.41, 5.74) is 10.5. The van der Waals surface area contributed by atoms with Gasteiger partial charge in [0.1, 0.15) is 0 Å². The molecule has 0 amide bonds. The fourth-order valence-electron chi connectivity index (χ4n) is 2.03. The van der Waals surface area contributed by atoms with E-state index in [4.69, 9.17) is 11.0 Å². The topological polar surface area (TPSA) is 65.9 Å². The highest BCUT2D eigenvalue weighted by molar-refractivity contribution is 5.65. The molecule has 0 fully saturated rings. The van der Waals surface area contributed by atoms with Gasteiger partial charge >= 0.3 is 0 Å². The monoisotopic (exact) mass is 252 g/mol. The third-order valence-electron chi connectivity index (χ3n) is 3.12. The van der Waals surface area contributed by atoms with E-state index in [-0.39, 0.29) is 0 Å². The van der Waals surface area contributed by atoms with E-state index in [9.17, 15) is 0 Å². The van der Waals surface area contributed by atoms with Crippen LogP contribution >= 0.6 is 0 Å². The Balaban J connectivity index is 2.22. The number of aromatic nitrogens is 1. The second-order valence-electron chi connectivity index (χ2n) is 4.54. The van der Waals surface area contributed by atoms with Crippen molar-refractivity contribution in [3.05, 3.63) is 53.3 Å². The molecule has 2 aromatic rings. The van der Waals surface area contributed by atoms with Gasteiger partial charge in [0.05, 0.1) is 29.2 Å². The van der Waals surface area contributed by atoms with Crippen LogP contribution in [0.15, 0.2) is 36.7 Å². The number of benzene rings is 1. The summed E-state index contributed by atoms with van der Waals surface area (Å²) >= 11 is 0. The standard InChI is InChI=1S/C15H16N4/c1-11-7-12(8-16)3-4-13(11)10-19(2)15-5-6-18-9-14(15)17/h3-7,9H,10,17H2,1-2H3. The molecule has 96 valence electrons. The number of rotatable bonds is 3. The van der Waals surface area contributed by atoms with Crippen molar-refractivity contribution in [3.63, 3.8) is 0 Å². The predicted molar refractivity (Wildman–Crippen MR) is 76.7 cm³/mol. The normalized spacial score (nSPS) is 9.95. The Hall–Kier alpha value is -2.54. The van der Waals surface area contributed by atoms with E-state index in [2.05, 4.69) is 16.0 Å². The lowest BCUT2D eigenvalue weighted by atomic mass is 10.1. The third kappa shape index (κ3) is 2.83. The molecule has 0 bridgehead atoms. The smallest absolute Gasteiger partial charge is 0.0991 e. The molecule has 4 nitrogen and oxygen atoms in total. The highest BCUT2D eigenvalue weighted by Gasteiger charge is 2.07. The van der Waals surface area contributed by atoms with Crippen LogP contribution in [0, 0.1) is 18.3 Å². The number of anilines is 2. The largest absolute Gasteiger partial charge is 0.396 e. The summed E-state index contributed by atoms with van der Waals surface area (Å²) in [6.45, 7) is 2.76. The molecule has 1 aromatic heterocycles. The molecule has 1 heterocycles. The maximum Gasteiger partial charge on any atom is 0.0991 e. The first-order valence-electron chi connectivity index (χ1n) is 6.02. The molecule has 1 aromatic carbocycles. The molecule has 0 aliphatic rings.